The van der Waals surface area contributed by atoms with Gasteiger partial charge in [0, 0.05) is 0 Å². The van der Waals surface area contributed by atoms with Crippen LogP contribution >= 0.6 is 0 Å². The van der Waals surface area contributed by atoms with Crippen molar-refractivity contribution in [3.05, 3.63) is 59.2 Å². The smallest absolute Gasteiger partial charge is 0.262 e. The van der Waals surface area contributed by atoms with E-state index in [4.69, 9.17) is 10.00 Å². The van der Waals surface area contributed by atoms with E-state index < -0.39 is 0 Å². The Hall–Kier alpha value is -2.80. The quantitative estimate of drug-likeness (QED) is 0.935. The molecule has 0 bridgehead atoms. The lowest BCUT2D eigenvalue weighted by molar-refractivity contribution is -0.118. The summed E-state index contributed by atoms with van der Waals surface area (Å²) in [5, 5.41) is 11.7. The summed E-state index contributed by atoms with van der Waals surface area (Å²) in [6, 6.07) is 14.7. The van der Waals surface area contributed by atoms with Crippen molar-refractivity contribution in [2.45, 2.75) is 13.8 Å². The fourth-order valence-electron chi connectivity index (χ4n) is 2.04. The summed E-state index contributed by atoms with van der Waals surface area (Å²) in [5.41, 5.74) is 2.90. The highest BCUT2D eigenvalue weighted by Gasteiger charge is 2.09. The van der Waals surface area contributed by atoms with Crippen molar-refractivity contribution in [2.75, 3.05) is 11.9 Å². The van der Waals surface area contributed by atoms with Gasteiger partial charge in [0.2, 0.25) is 0 Å². The predicted molar refractivity (Wildman–Crippen MR) is 81.2 cm³/mol. The maximum Gasteiger partial charge on any atom is 0.262 e. The molecule has 0 aliphatic carbocycles. The zero-order valence-electron chi connectivity index (χ0n) is 12.0. The number of nitriles is 1. The van der Waals surface area contributed by atoms with Crippen molar-refractivity contribution >= 4 is 11.6 Å². The van der Waals surface area contributed by atoms with Gasteiger partial charge in [0.1, 0.15) is 11.8 Å². The Morgan fingerprint density at radius 2 is 1.81 bits per heavy atom. The van der Waals surface area contributed by atoms with Crippen LogP contribution in [0.3, 0.4) is 0 Å². The van der Waals surface area contributed by atoms with Gasteiger partial charge < -0.3 is 10.1 Å². The van der Waals surface area contributed by atoms with Crippen molar-refractivity contribution in [1.82, 2.24) is 0 Å². The van der Waals surface area contributed by atoms with Gasteiger partial charge in [-0.15, -0.1) is 0 Å². The van der Waals surface area contributed by atoms with Crippen LogP contribution in [0.5, 0.6) is 5.75 Å². The molecule has 0 radical (unpaired) electrons. The van der Waals surface area contributed by atoms with E-state index in [9.17, 15) is 4.79 Å². The maximum absolute atomic E-state index is 11.9. The number of anilines is 1. The summed E-state index contributed by atoms with van der Waals surface area (Å²) in [7, 11) is 0. The molecule has 0 atom stereocenters. The van der Waals surface area contributed by atoms with E-state index in [1.165, 1.54) is 0 Å². The number of amides is 1. The first-order valence-corrected chi connectivity index (χ1v) is 6.60. The minimum absolute atomic E-state index is 0.0918. The highest BCUT2D eigenvalue weighted by atomic mass is 16.5. The van der Waals surface area contributed by atoms with Crippen LogP contribution in [-0.2, 0) is 4.79 Å². The molecule has 2 rings (SSSR count). The lowest BCUT2D eigenvalue weighted by atomic mass is 10.1. The van der Waals surface area contributed by atoms with Gasteiger partial charge in [-0.2, -0.15) is 5.26 Å². The molecular formula is C17H16N2O2. The van der Waals surface area contributed by atoms with Gasteiger partial charge in [0.15, 0.2) is 6.61 Å². The number of hydrogen-bond donors (Lipinski definition) is 1. The van der Waals surface area contributed by atoms with Crippen molar-refractivity contribution < 1.29 is 9.53 Å². The molecule has 0 fully saturated rings. The number of nitrogens with zero attached hydrogens (tertiary/aromatic N) is 1. The van der Waals surface area contributed by atoms with Gasteiger partial charge in [-0.25, -0.2) is 0 Å². The fourth-order valence-corrected chi connectivity index (χ4v) is 2.04. The molecule has 0 heterocycles. The van der Waals surface area contributed by atoms with Gasteiger partial charge in [0.25, 0.3) is 5.91 Å². The zero-order valence-corrected chi connectivity index (χ0v) is 12.0. The lowest BCUT2D eigenvalue weighted by Crippen LogP contribution is -2.21. The van der Waals surface area contributed by atoms with Crippen LogP contribution in [0, 0.1) is 25.2 Å². The Bertz CT molecular complexity index is 682. The summed E-state index contributed by atoms with van der Waals surface area (Å²) in [6.07, 6.45) is 0. The number of nitrogens with one attached hydrogen (secondary N) is 1. The van der Waals surface area contributed by atoms with E-state index >= 15 is 0 Å². The molecule has 0 aromatic heterocycles. The summed E-state index contributed by atoms with van der Waals surface area (Å²) >= 11 is 0. The molecule has 0 aliphatic rings. The summed E-state index contributed by atoms with van der Waals surface area (Å²) < 4.78 is 5.58. The molecule has 0 saturated heterocycles. The minimum Gasteiger partial charge on any atom is -0.483 e. The lowest BCUT2D eigenvalue weighted by Gasteiger charge is -2.12. The van der Waals surface area contributed by atoms with Gasteiger partial charge in [-0.3, -0.25) is 4.79 Å². The van der Waals surface area contributed by atoms with Crippen LogP contribution in [0.15, 0.2) is 42.5 Å². The average molecular weight is 280 g/mol. The number of rotatable bonds is 4. The molecule has 2 aromatic carbocycles. The largest absolute Gasteiger partial charge is 0.483 e. The zero-order chi connectivity index (χ0) is 15.2. The van der Waals surface area contributed by atoms with E-state index in [-0.39, 0.29) is 12.5 Å². The Morgan fingerprint density at radius 1 is 1.14 bits per heavy atom. The Kier molecular flexibility index (Phi) is 4.57. The van der Waals surface area contributed by atoms with Crippen LogP contribution in [0.1, 0.15) is 16.7 Å². The second-order valence-corrected chi connectivity index (χ2v) is 4.72. The monoisotopic (exact) mass is 280 g/mol. The molecule has 4 heteroatoms. The summed E-state index contributed by atoms with van der Waals surface area (Å²) in [5.74, 6) is 0.432. The van der Waals surface area contributed by atoms with Gasteiger partial charge in [0.05, 0.1) is 11.3 Å². The first-order chi connectivity index (χ1) is 10.1. The molecule has 2 aromatic rings. The third kappa shape index (κ3) is 3.61. The van der Waals surface area contributed by atoms with Crippen LogP contribution in [0.25, 0.3) is 0 Å². The Balaban J connectivity index is 2.02. The molecule has 1 amide bonds. The standard InChI is InChI=1S/C17H16N2O2/c1-12-6-5-7-13(2)17(12)21-11-16(20)19-15-9-4-3-8-14(15)10-18/h3-9H,11H2,1-2H3,(H,19,20). The number of aryl methyl sites for hydroxylation is 2. The number of para-hydroxylation sites is 2. The Labute approximate surface area is 124 Å². The first-order valence-electron chi connectivity index (χ1n) is 6.60. The van der Waals surface area contributed by atoms with Crippen LogP contribution in [0.2, 0.25) is 0 Å². The summed E-state index contributed by atoms with van der Waals surface area (Å²) in [6.45, 7) is 3.78. The third-order valence-corrected chi connectivity index (χ3v) is 3.08. The second kappa shape index (κ2) is 6.58. The van der Waals surface area contributed by atoms with E-state index in [1.54, 1.807) is 24.3 Å². The maximum atomic E-state index is 11.9. The highest BCUT2D eigenvalue weighted by Crippen LogP contribution is 2.22. The third-order valence-electron chi connectivity index (χ3n) is 3.08. The van der Waals surface area contributed by atoms with E-state index in [0.717, 1.165) is 16.9 Å². The van der Waals surface area contributed by atoms with Crippen molar-refractivity contribution in [3.63, 3.8) is 0 Å². The number of carbonyl (C=O) groups is 1. The number of ether oxygens (including phenoxy) is 1. The molecule has 0 aliphatic heterocycles. The molecule has 4 nitrogen and oxygen atoms in total. The van der Waals surface area contributed by atoms with Crippen LogP contribution in [-0.4, -0.2) is 12.5 Å². The van der Waals surface area contributed by atoms with Crippen molar-refractivity contribution in [3.8, 4) is 11.8 Å². The highest BCUT2D eigenvalue weighted by molar-refractivity contribution is 5.93. The SMILES string of the molecule is Cc1cccc(C)c1OCC(=O)Nc1ccccc1C#N. The molecular weight excluding hydrogens is 264 g/mol. The van der Waals surface area contributed by atoms with E-state index in [0.29, 0.717) is 11.3 Å². The number of benzene rings is 2. The average Bonchev–Trinajstić information content (AvgIpc) is 2.47. The minimum atomic E-state index is -0.291. The van der Waals surface area contributed by atoms with Gasteiger partial charge >= 0.3 is 0 Å². The molecule has 1 N–H and O–H groups in total. The van der Waals surface area contributed by atoms with Gasteiger partial charge in [-0.05, 0) is 37.1 Å². The van der Waals surface area contributed by atoms with Crippen molar-refractivity contribution in [2.24, 2.45) is 0 Å². The topological polar surface area (TPSA) is 62.1 Å². The normalized spacial score (nSPS) is 9.76. The predicted octanol–water partition coefficient (Wildman–Crippen LogP) is 3.19. The van der Waals surface area contributed by atoms with Crippen LogP contribution < -0.4 is 10.1 Å². The van der Waals surface area contributed by atoms with E-state index in [1.807, 2.05) is 38.1 Å². The number of carbonyl (C=O) groups excluding carboxylic acids is 1. The summed E-state index contributed by atoms with van der Waals surface area (Å²) in [4.78, 5) is 11.9. The second-order valence-electron chi connectivity index (χ2n) is 4.72. The Morgan fingerprint density at radius 3 is 2.48 bits per heavy atom. The molecule has 0 unspecified atom stereocenters. The molecule has 0 spiro atoms. The fraction of sp³-hybridized carbons (Fsp3) is 0.176. The molecule has 106 valence electrons. The first kappa shape index (κ1) is 14.6. The van der Waals surface area contributed by atoms with Gasteiger partial charge in [-0.1, -0.05) is 30.3 Å². The molecule has 21 heavy (non-hydrogen) atoms. The molecule has 0 saturated carbocycles. The van der Waals surface area contributed by atoms with Crippen molar-refractivity contribution in [1.29, 1.82) is 5.26 Å². The number of hydrogen-bond acceptors (Lipinski definition) is 3. The van der Waals surface area contributed by atoms with E-state index in [2.05, 4.69) is 5.32 Å². The van der Waals surface area contributed by atoms with Crippen LogP contribution in [0.4, 0.5) is 5.69 Å².